The van der Waals surface area contributed by atoms with Crippen LogP contribution in [0.3, 0.4) is 0 Å². The molecule has 9 atom stereocenters. The zero-order valence-corrected chi connectivity index (χ0v) is 63.1. The number of hydrogen-bond acceptors (Lipinski definition) is 16. The molecule has 10 rings (SSSR count). The van der Waals surface area contributed by atoms with Crippen LogP contribution in [-0.2, 0) is 68.6 Å². The summed E-state index contributed by atoms with van der Waals surface area (Å²) < 4.78 is 46.7. The number of likely N-dealkylation sites (tertiary alicyclic amines) is 2. The van der Waals surface area contributed by atoms with E-state index in [4.69, 9.17) is 44.9 Å². The Labute approximate surface area is 551 Å². The van der Waals surface area contributed by atoms with Crippen molar-refractivity contribution in [2.75, 3.05) is 64.0 Å². The monoisotopic (exact) mass is 1330 g/mol. The molecule has 4 bridgehead atoms. The first-order chi connectivity index (χ1) is 41.5. The van der Waals surface area contributed by atoms with Gasteiger partial charge in [0.05, 0.1) is 23.7 Å². The largest absolute Gasteiger partial charge is 1.00 e. The Balaban J connectivity index is -0.000000982. The highest BCUT2D eigenvalue weighted by atomic mass is 28.4. The van der Waals surface area contributed by atoms with Gasteiger partial charge in [0, 0.05) is 117 Å². The number of rotatable bonds is 16. The summed E-state index contributed by atoms with van der Waals surface area (Å²) >= 11 is 0. The molecule has 0 aromatic heterocycles. The number of allylic oxidation sites excluding steroid dienone is 8. The molecule has 3 heterocycles. The molecule has 3 aliphatic heterocycles. The lowest BCUT2D eigenvalue weighted by Crippen LogP contribution is -2.45. The van der Waals surface area contributed by atoms with E-state index in [1.54, 1.807) is 77.8 Å². The highest BCUT2D eigenvalue weighted by Crippen LogP contribution is 2.51. The summed E-state index contributed by atoms with van der Waals surface area (Å²) in [6.07, 6.45) is 25.4. The molecule has 1 N–H and O–H groups in total. The third-order valence-corrected chi connectivity index (χ3v) is 25.9. The maximum atomic E-state index is 12.3. The summed E-state index contributed by atoms with van der Waals surface area (Å²) in [6, 6.07) is -0.0231. The second-order valence-electron chi connectivity index (χ2n) is 26.3. The van der Waals surface area contributed by atoms with Crippen molar-refractivity contribution in [2.45, 2.75) is 212 Å². The van der Waals surface area contributed by atoms with Crippen LogP contribution in [0, 0.1) is 65.1 Å². The number of imide groups is 3. The SMILES string of the molecule is C.CC(C)C.CC(C)C1C=CC=CC1.CC(C)N1C(=O)C2C3C=CC(CC3)C2C1=O.CC(C)N1C(=O)C2C3C=CC(CC3)C2C1=O.CC(C)N1C(=O)C=CC1=O.CC(C)O.CO[Si](OC)(OC)C(C)C.CO[Si](OC)(OC)C(C)C.CO[Si](OC)(OC)C(C)C.[H+]. The molecule has 10 aliphatic rings. The van der Waals surface area contributed by atoms with Gasteiger partial charge in [-0.1, -0.05) is 132 Å². The number of hydrogen-bond donors (Lipinski definition) is 1. The molecule has 90 heavy (non-hydrogen) atoms. The molecule has 2 saturated heterocycles. The number of nitrogens with zero attached hydrogens (tertiary/aromatic N) is 3. The van der Waals surface area contributed by atoms with Gasteiger partial charge in [-0.2, -0.15) is 0 Å². The molecule has 7 aliphatic carbocycles. The van der Waals surface area contributed by atoms with E-state index in [-0.39, 0.29) is 92.2 Å². The maximum absolute atomic E-state index is 12.3. The second kappa shape index (κ2) is 42.6. The molecule has 19 nitrogen and oxygen atoms in total. The van der Waals surface area contributed by atoms with Gasteiger partial charge < -0.3 is 44.9 Å². The molecule has 9 unspecified atom stereocenters. The highest BCUT2D eigenvalue weighted by Gasteiger charge is 2.58. The summed E-state index contributed by atoms with van der Waals surface area (Å²) in [7, 11) is 7.73. The van der Waals surface area contributed by atoms with Crippen LogP contribution >= 0.6 is 0 Å². The first-order valence-electron chi connectivity index (χ1n) is 32.1. The van der Waals surface area contributed by atoms with E-state index >= 15 is 0 Å². The number of fused-ring (bicyclic) bond motifs is 2. The Bertz CT molecular complexity index is 2050. The van der Waals surface area contributed by atoms with Gasteiger partial charge in [0.1, 0.15) is 0 Å². The third-order valence-electron chi connectivity index (χ3n) is 16.5. The van der Waals surface area contributed by atoms with Gasteiger partial charge in [-0.3, -0.25) is 43.5 Å². The molecule has 522 valence electrons. The molecular formula is C68H128N3O16Si3+. The molecule has 4 fully saturated rings. The van der Waals surface area contributed by atoms with Crippen LogP contribution < -0.4 is 0 Å². The molecule has 2 saturated carbocycles. The summed E-state index contributed by atoms with van der Waals surface area (Å²) in [5.74, 6) is 3.38. The van der Waals surface area contributed by atoms with Crippen molar-refractivity contribution in [1.82, 2.24) is 14.7 Å². The van der Waals surface area contributed by atoms with E-state index in [2.05, 4.69) is 83.2 Å². The lowest BCUT2D eigenvalue weighted by atomic mass is 9.63. The minimum atomic E-state index is -2.29. The molecule has 0 aromatic carbocycles. The number of aliphatic hydroxyl groups excluding tert-OH is 1. The van der Waals surface area contributed by atoms with Gasteiger partial charge in [-0.25, -0.2) is 0 Å². The van der Waals surface area contributed by atoms with E-state index in [0.717, 1.165) is 43.4 Å². The van der Waals surface area contributed by atoms with Crippen molar-refractivity contribution in [3.8, 4) is 0 Å². The van der Waals surface area contributed by atoms with Crippen LogP contribution in [0.1, 0.15) is 173 Å². The molecule has 0 aromatic rings. The van der Waals surface area contributed by atoms with Crippen molar-refractivity contribution in [2.24, 2.45) is 65.1 Å². The first-order valence-corrected chi connectivity index (χ1v) is 37.5. The molecule has 6 amide bonds. The van der Waals surface area contributed by atoms with Crippen molar-refractivity contribution in [3.63, 3.8) is 0 Å². The smallest absolute Gasteiger partial charge is 0.394 e. The number of aliphatic hydroxyl groups is 1. The first kappa shape index (κ1) is 88.4. The van der Waals surface area contributed by atoms with Gasteiger partial charge in [0.2, 0.25) is 23.6 Å². The minimum absolute atomic E-state index is 0. The lowest BCUT2D eigenvalue weighted by Gasteiger charge is -2.38. The molecule has 0 spiro atoms. The van der Waals surface area contributed by atoms with Crippen LogP contribution in [0.25, 0.3) is 0 Å². The van der Waals surface area contributed by atoms with E-state index in [1.165, 1.54) is 33.3 Å². The summed E-state index contributed by atoms with van der Waals surface area (Å²) in [5, 5.41) is 8.06. The fourth-order valence-electron chi connectivity index (χ4n) is 12.1. The van der Waals surface area contributed by atoms with E-state index in [1.807, 2.05) is 83.1 Å². The van der Waals surface area contributed by atoms with E-state index in [0.29, 0.717) is 40.3 Å². The van der Waals surface area contributed by atoms with Crippen molar-refractivity contribution in [3.05, 3.63) is 60.8 Å². The highest BCUT2D eigenvalue weighted by molar-refractivity contribution is 6.62. The van der Waals surface area contributed by atoms with E-state index < -0.39 is 26.4 Å². The number of amides is 6. The zero-order valence-electron chi connectivity index (χ0n) is 61.1. The Morgan fingerprint density at radius 2 is 0.622 bits per heavy atom. The predicted octanol–water partition coefficient (Wildman–Crippen LogP) is 12.9. The van der Waals surface area contributed by atoms with Crippen LogP contribution in [0.4, 0.5) is 0 Å². The zero-order chi connectivity index (χ0) is 69.1. The Kier molecular flexibility index (Phi) is 41.9. The summed E-state index contributed by atoms with van der Waals surface area (Å²) in [5.41, 5.74) is 0.937. The standard InChI is InChI=1S/2C13H17NO2.C9H14.C7H9NO2.3C6H16O3Si.C4H10.C3H8O.CH4/c2*1-7(2)14-12(15)10-8-3-4-9(6-5-8)11(10)13(14)16;1-8(2)9-6-4-3-5-7-9;1-5(2)8-6(9)3-4-7(8)10;3*1-6(2)10(7-3,8-4)9-5;1-4(2)3;1-3(2)4;/h2*3-4,7-11H,5-6H2,1-2H3;3-6,8-9H,7H2,1-2H3;3-5H,1-2H3;3*6H,1-5H3;4H,1-3H3;3-4H,1-2H3;1H4/p+1. The topological polar surface area (TPSA) is 215 Å². The van der Waals surface area contributed by atoms with Gasteiger partial charge in [0.25, 0.3) is 11.8 Å². The van der Waals surface area contributed by atoms with Crippen molar-refractivity contribution < 1.29 is 75.1 Å². The van der Waals surface area contributed by atoms with Gasteiger partial charge in [-0.05, 0) is 129 Å². The Hall–Kier alpha value is -3.63. The van der Waals surface area contributed by atoms with Crippen LogP contribution in [0.2, 0.25) is 16.6 Å². The third kappa shape index (κ3) is 24.6. The van der Waals surface area contributed by atoms with Gasteiger partial charge in [0.15, 0.2) is 0 Å². The second-order valence-corrected chi connectivity index (χ2v) is 37.1. The maximum Gasteiger partial charge on any atom is 1.00 e. The normalized spacial score (nSPS) is 24.1. The van der Waals surface area contributed by atoms with E-state index in [9.17, 15) is 28.8 Å². The Morgan fingerprint density at radius 1 is 0.400 bits per heavy atom. The quantitative estimate of drug-likeness (QED) is 0.0864. The molecule has 0 radical (unpaired) electrons. The Morgan fingerprint density at radius 3 is 0.733 bits per heavy atom. The van der Waals surface area contributed by atoms with Crippen LogP contribution in [-0.4, -0.2) is 170 Å². The molecular weight excluding hydrogens is 1200 g/mol. The van der Waals surface area contributed by atoms with Crippen LogP contribution in [0.15, 0.2) is 60.8 Å². The lowest BCUT2D eigenvalue weighted by molar-refractivity contribution is -0.143. The fraction of sp³-hybridized carbons (Fsp3) is 0.765. The van der Waals surface area contributed by atoms with Crippen molar-refractivity contribution in [1.29, 1.82) is 0 Å². The van der Waals surface area contributed by atoms with Gasteiger partial charge >= 0.3 is 27.8 Å². The molecule has 22 heteroatoms. The van der Waals surface area contributed by atoms with Crippen molar-refractivity contribution >= 4 is 61.9 Å². The fourth-order valence-corrected chi connectivity index (χ4v) is 17.8. The summed E-state index contributed by atoms with van der Waals surface area (Å²) in [6.45, 7) is 38.0. The summed E-state index contributed by atoms with van der Waals surface area (Å²) in [4.78, 5) is 74.9. The van der Waals surface area contributed by atoms with Crippen LogP contribution in [0.5, 0.6) is 0 Å². The number of carbonyl (C=O) groups is 6. The average molecular weight is 1330 g/mol. The minimum Gasteiger partial charge on any atom is -0.394 e. The number of carbonyl (C=O) groups excluding carboxylic acids is 6. The predicted molar refractivity (Wildman–Crippen MR) is 367 cm³/mol. The van der Waals surface area contributed by atoms with Gasteiger partial charge in [-0.15, -0.1) is 0 Å². The average Bonchev–Trinajstić information content (AvgIpc) is 1.61.